The van der Waals surface area contributed by atoms with E-state index >= 15 is 0 Å². The van der Waals surface area contributed by atoms with Crippen LogP contribution >= 0.6 is 60.6 Å². The van der Waals surface area contributed by atoms with Gasteiger partial charge in [-0.3, -0.25) is 7.94 Å². The average molecular weight is 678 g/mol. The van der Waals surface area contributed by atoms with Crippen LogP contribution in [0.4, 0.5) is 10.2 Å². The van der Waals surface area contributed by atoms with E-state index in [2.05, 4.69) is 69.7 Å². The highest BCUT2D eigenvalue weighted by atomic mass is 127. The van der Waals surface area contributed by atoms with Crippen molar-refractivity contribution < 1.29 is 4.39 Å². The number of rotatable bonds is 5. The molecule has 0 radical (unpaired) electrons. The van der Waals surface area contributed by atoms with Crippen molar-refractivity contribution in [3.05, 3.63) is 48.2 Å². The highest BCUT2D eigenvalue weighted by Gasteiger charge is 2.21. The molecule has 0 fully saturated rings. The maximum absolute atomic E-state index is 14.0. The first kappa shape index (κ1) is 21.8. The predicted molar refractivity (Wildman–Crippen MR) is 145 cm³/mol. The van der Waals surface area contributed by atoms with Crippen molar-refractivity contribution in [3.8, 4) is 11.4 Å². The molecule has 4 heterocycles. The Morgan fingerprint density at radius 2 is 2.06 bits per heavy atom. The molecule has 4 aromatic rings. The normalized spacial score (nSPS) is 16.8. The third kappa shape index (κ3) is 4.17. The molecular weight excluding hydrogens is 661 g/mol. The van der Waals surface area contributed by atoms with Gasteiger partial charge in [-0.15, -0.1) is 0 Å². The van der Waals surface area contributed by atoms with E-state index in [1.165, 1.54) is 27.0 Å². The third-order valence-electron chi connectivity index (χ3n) is 5.45. The zero-order valence-electron chi connectivity index (χ0n) is 16.3. The van der Waals surface area contributed by atoms with Gasteiger partial charge in [0.1, 0.15) is 11.3 Å². The number of hydrogen-bond donors (Lipinski definition) is 1. The van der Waals surface area contributed by atoms with Crippen molar-refractivity contribution in [1.82, 2.24) is 22.9 Å². The molecule has 160 valence electrons. The van der Waals surface area contributed by atoms with Crippen molar-refractivity contribution in [2.45, 2.75) is 32.2 Å². The second kappa shape index (κ2) is 9.06. The summed E-state index contributed by atoms with van der Waals surface area (Å²) < 4.78 is 18.0. The van der Waals surface area contributed by atoms with Crippen molar-refractivity contribution in [2.24, 2.45) is 0 Å². The van der Waals surface area contributed by atoms with E-state index in [-0.39, 0.29) is 5.82 Å². The zero-order valence-corrected chi connectivity index (χ0v) is 22.3. The van der Waals surface area contributed by atoms with Crippen LogP contribution in [0.2, 0.25) is 0 Å². The molecule has 1 aliphatic carbocycles. The fourth-order valence-corrected chi connectivity index (χ4v) is 6.47. The number of nitrogens with zero attached hydrogens (tertiary/aromatic N) is 5. The molecule has 11 heteroatoms. The lowest BCUT2D eigenvalue weighted by atomic mass is 9.96. The van der Waals surface area contributed by atoms with Crippen molar-refractivity contribution in [3.63, 3.8) is 0 Å². The number of hydrogen-bond acceptors (Lipinski definition) is 6. The number of aromatic nitrogens is 5. The van der Waals surface area contributed by atoms with E-state index < -0.39 is 0 Å². The summed E-state index contributed by atoms with van der Waals surface area (Å²) >= 11 is 4.45. The zero-order chi connectivity index (χ0) is 21.5. The molecule has 1 atom stereocenters. The molecule has 1 N–H and O–H groups in total. The molecule has 5 rings (SSSR count). The maximum Gasteiger partial charge on any atom is 0.164 e. The number of pyridine rings is 1. The van der Waals surface area contributed by atoms with E-state index in [4.69, 9.17) is 9.97 Å². The Kier molecular flexibility index (Phi) is 6.36. The lowest BCUT2D eigenvalue weighted by Gasteiger charge is -2.23. The largest absolute Gasteiger partial charge is 0.365 e. The fourth-order valence-electron chi connectivity index (χ4n) is 3.87. The molecule has 0 aliphatic heterocycles. The molecule has 1 unspecified atom stereocenters. The summed E-state index contributed by atoms with van der Waals surface area (Å²) in [5.41, 5.74) is 4.72. The van der Waals surface area contributed by atoms with Gasteiger partial charge in [-0.05, 0) is 38.3 Å². The Morgan fingerprint density at radius 1 is 1.23 bits per heavy atom. The van der Waals surface area contributed by atoms with Crippen LogP contribution in [-0.2, 0) is 0 Å². The van der Waals surface area contributed by atoms with Gasteiger partial charge >= 0.3 is 0 Å². The van der Waals surface area contributed by atoms with Crippen LogP contribution in [0.1, 0.15) is 26.2 Å². The Balaban J connectivity index is 1.67. The first-order chi connectivity index (χ1) is 15.1. The molecule has 0 amide bonds. The summed E-state index contributed by atoms with van der Waals surface area (Å²) in [6.07, 6.45) is 10.6. The SMILES string of the molecule is CC1=CCC(Nc2nc(-c3cn(SI)c4ncc(F)cc34)nc3ccn(SI)c23)CC1. The summed E-state index contributed by atoms with van der Waals surface area (Å²) in [6, 6.07) is 3.82. The molecule has 0 saturated heterocycles. The van der Waals surface area contributed by atoms with Crippen LogP contribution in [0, 0.1) is 5.82 Å². The van der Waals surface area contributed by atoms with Crippen LogP contribution in [0.15, 0.2) is 42.4 Å². The van der Waals surface area contributed by atoms with Gasteiger partial charge in [-0.25, -0.2) is 19.3 Å². The van der Waals surface area contributed by atoms with Crippen LogP contribution in [-0.4, -0.2) is 28.9 Å². The van der Waals surface area contributed by atoms with E-state index in [0.717, 1.165) is 41.7 Å². The molecule has 0 aromatic carbocycles. The standard InChI is InChI=1S/C20H17FI2N6S2/c1-11-2-4-13(5-3-11)25-19-17-16(6-7-28(17)30-22)26-18(27-19)15-10-29(31-23)20-14(15)8-12(21)9-24-20/h2,6-10,13H,3-5H2,1H3,(H,25,26,27). The summed E-state index contributed by atoms with van der Waals surface area (Å²) in [6.45, 7) is 2.18. The third-order valence-corrected chi connectivity index (χ3v) is 8.87. The van der Waals surface area contributed by atoms with Gasteiger partial charge in [-0.1, -0.05) is 11.6 Å². The van der Waals surface area contributed by atoms with Crippen LogP contribution < -0.4 is 5.32 Å². The lowest BCUT2D eigenvalue weighted by molar-refractivity contribution is 0.623. The Bertz CT molecular complexity index is 1320. The van der Waals surface area contributed by atoms with Crippen molar-refractivity contribution in [1.29, 1.82) is 0 Å². The van der Waals surface area contributed by atoms with Gasteiger partial charge < -0.3 is 5.32 Å². The van der Waals surface area contributed by atoms with Crippen LogP contribution in [0.5, 0.6) is 0 Å². The average Bonchev–Trinajstić information content (AvgIpc) is 3.36. The highest BCUT2D eigenvalue weighted by molar-refractivity contribution is 14.2. The minimum absolute atomic E-state index is 0.322. The lowest BCUT2D eigenvalue weighted by Crippen LogP contribution is -2.22. The number of halogens is 3. The number of allylic oxidation sites excluding steroid dienone is 1. The van der Waals surface area contributed by atoms with Gasteiger partial charge in [0.2, 0.25) is 0 Å². The van der Waals surface area contributed by atoms with Crippen LogP contribution in [0.3, 0.4) is 0 Å². The molecular formula is C20H17FI2N6S2. The fraction of sp³-hybridized carbons (Fsp3) is 0.250. The van der Waals surface area contributed by atoms with Gasteiger partial charge in [-0.2, -0.15) is 0 Å². The monoisotopic (exact) mass is 678 g/mol. The molecule has 31 heavy (non-hydrogen) atoms. The number of nitrogens with one attached hydrogen (secondary N) is 1. The highest BCUT2D eigenvalue weighted by Crippen LogP contribution is 2.36. The summed E-state index contributed by atoms with van der Waals surface area (Å²) in [5, 5.41) is 4.36. The molecule has 0 saturated carbocycles. The quantitative estimate of drug-likeness (QED) is 0.178. The minimum atomic E-state index is -0.374. The second-order valence-corrected chi connectivity index (χ2v) is 10.9. The summed E-state index contributed by atoms with van der Waals surface area (Å²) in [7, 11) is 3.06. The number of fused-ring (bicyclic) bond motifs is 2. The predicted octanol–water partition coefficient (Wildman–Crippen LogP) is 7.19. The first-order valence-corrected chi connectivity index (χ1v) is 16.3. The Hall–Kier alpha value is -1.06. The first-order valence-electron chi connectivity index (χ1n) is 9.63. The summed E-state index contributed by atoms with van der Waals surface area (Å²) in [5.74, 6) is 0.996. The maximum atomic E-state index is 14.0. The van der Waals surface area contributed by atoms with E-state index in [1.54, 1.807) is 9.12 Å². The van der Waals surface area contributed by atoms with Gasteiger partial charge in [0.25, 0.3) is 0 Å². The smallest absolute Gasteiger partial charge is 0.164 e. The van der Waals surface area contributed by atoms with Crippen molar-refractivity contribution >= 4 is 88.5 Å². The topological polar surface area (TPSA) is 60.6 Å². The van der Waals surface area contributed by atoms with E-state index in [9.17, 15) is 4.39 Å². The van der Waals surface area contributed by atoms with Gasteiger partial charge in [0, 0.05) is 90.0 Å². The van der Waals surface area contributed by atoms with E-state index in [1.807, 2.05) is 22.4 Å². The van der Waals surface area contributed by atoms with Crippen molar-refractivity contribution in [2.75, 3.05) is 5.32 Å². The Morgan fingerprint density at radius 3 is 2.81 bits per heavy atom. The molecule has 0 spiro atoms. The van der Waals surface area contributed by atoms with E-state index in [0.29, 0.717) is 22.9 Å². The molecule has 4 aromatic heterocycles. The molecule has 1 aliphatic rings. The molecule has 6 nitrogen and oxygen atoms in total. The summed E-state index contributed by atoms with van der Waals surface area (Å²) in [4.78, 5) is 14.0. The van der Waals surface area contributed by atoms with Crippen LogP contribution in [0.25, 0.3) is 33.5 Å². The second-order valence-electron chi connectivity index (χ2n) is 7.47. The Labute approximate surface area is 211 Å². The number of anilines is 1. The minimum Gasteiger partial charge on any atom is -0.365 e. The van der Waals surface area contributed by atoms with Gasteiger partial charge in [0.05, 0.1) is 11.7 Å². The molecule has 0 bridgehead atoms. The van der Waals surface area contributed by atoms with Gasteiger partial charge in [0.15, 0.2) is 17.3 Å².